The highest BCUT2D eigenvalue weighted by Crippen LogP contribution is 2.43. The second-order valence-electron chi connectivity index (χ2n) is 7.17. The van der Waals surface area contributed by atoms with E-state index in [0.29, 0.717) is 10.8 Å². The standard InChI is InChI=1S/C23H15ClF3NO5/c1-12-5-10-17(32-12)19-18(20(29)13-3-2-4-14(24)11-13)21(30)22(31)28(19)15-6-8-16(9-7-15)33-23(25,26)27/h2-11,19,29H,1H3/b20-18-. The van der Waals surface area contributed by atoms with Crippen molar-refractivity contribution in [3.8, 4) is 5.75 Å². The number of carbonyl (C=O) groups excluding carboxylic acids is 2. The van der Waals surface area contributed by atoms with Crippen LogP contribution in [-0.2, 0) is 9.59 Å². The number of aliphatic hydroxyl groups excluding tert-OH is 1. The number of carbonyl (C=O) groups is 2. The van der Waals surface area contributed by atoms with E-state index >= 15 is 0 Å². The Kier molecular flexibility index (Phi) is 5.67. The molecule has 1 aromatic heterocycles. The van der Waals surface area contributed by atoms with Crippen molar-refractivity contribution in [3.05, 3.63) is 88.3 Å². The summed E-state index contributed by atoms with van der Waals surface area (Å²) in [5.41, 5.74) is 0.0748. The molecule has 3 aromatic rings. The Bertz CT molecular complexity index is 1260. The van der Waals surface area contributed by atoms with E-state index in [2.05, 4.69) is 4.74 Å². The molecule has 0 aliphatic carbocycles. The Morgan fingerprint density at radius 1 is 1.09 bits per heavy atom. The number of aryl methyl sites for hydroxylation is 1. The highest BCUT2D eigenvalue weighted by Gasteiger charge is 2.48. The Hall–Kier alpha value is -3.72. The summed E-state index contributed by atoms with van der Waals surface area (Å²) in [6, 6.07) is 12.5. The van der Waals surface area contributed by atoms with Crippen LogP contribution in [-0.4, -0.2) is 23.2 Å². The number of ketones is 1. The zero-order valence-electron chi connectivity index (χ0n) is 16.9. The van der Waals surface area contributed by atoms with Crippen molar-refractivity contribution >= 4 is 34.7 Å². The molecule has 6 nitrogen and oxygen atoms in total. The summed E-state index contributed by atoms with van der Waals surface area (Å²) in [5, 5.41) is 11.2. The predicted octanol–water partition coefficient (Wildman–Crippen LogP) is 5.77. The van der Waals surface area contributed by atoms with Crippen LogP contribution in [0.2, 0.25) is 5.02 Å². The lowest BCUT2D eigenvalue weighted by molar-refractivity contribution is -0.274. The maximum atomic E-state index is 13.0. The van der Waals surface area contributed by atoms with Gasteiger partial charge in [0.15, 0.2) is 0 Å². The Morgan fingerprint density at radius 3 is 2.36 bits per heavy atom. The molecule has 4 rings (SSSR count). The van der Waals surface area contributed by atoms with Crippen LogP contribution in [0.15, 0.2) is 70.7 Å². The molecule has 1 unspecified atom stereocenters. The van der Waals surface area contributed by atoms with Gasteiger partial charge in [-0.25, -0.2) is 0 Å². The van der Waals surface area contributed by atoms with Crippen molar-refractivity contribution in [1.29, 1.82) is 0 Å². The van der Waals surface area contributed by atoms with Crippen LogP contribution >= 0.6 is 11.6 Å². The third kappa shape index (κ3) is 4.45. The van der Waals surface area contributed by atoms with Crippen molar-refractivity contribution in [2.75, 3.05) is 4.90 Å². The van der Waals surface area contributed by atoms with Gasteiger partial charge in [-0.15, -0.1) is 13.2 Å². The van der Waals surface area contributed by atoms with E-state index in [4.69, 9.17) is 16.0 Å². The van der Waals surface area contributed by atoms with E-state index in [0.717, 1.165) is 17.0 Å². The summed E-state index contributed by atoms with van der Waals surface area (Å²) in [4.78, 5) is 27.0. The largest absolute Gasteiger partial charge is 0.573 e. The Balaban J connectivity index is 1.84. The predicted molar refractivity (Wildman–Crippen MR) is 113 cm³/mol. The minimum atomic E-state index is -4.88. The summed E-state index contributed by atoms with van der Waals surface area (Å²) < 4.78 is 47.0. The number of amides is 1. The first-order valence-corrected chi connectivity index (χ1v) is 9.92. The lowest BCUT2D eigenvalue weighted by Gasteiger charge is -2.23. The Labute approximate surface area is 190 Å². The molecular weight excluding hydrogens is 463 g/mol. The van der Waals surface area contributed by atoms with Gasteiger partial charge in [0.2, 0.25) is 0 Å². The van der Waals surface area contributed by atoms with Crippen LogP contribution in [0.5, 0.6) is 5.75 Å². The number of nitrogens with zero attached hydrogens (tertiary/aromatic N) is 1. The number of rotatable bonds is 4. The molecule has 1 fully saturated rings. The van der Waals surface area contributed by atoms with Gasteiger partial charge < -0.3 is 14.3 Å². The monoisotopic (exact) mass is 477 g/mol. The van der Waals surface area contributed by atoms with Crippen LogP contribution < -0.4 is 9.64 Å². The molecule has 0 bridgehead atoms. The second kappa shape index (κ2) is 8.32. The number of aliphatic hydroxyl groups is 1. The number of halogens is 4. The fraction of sp³-hybridized carbons (Fsp3) is 0.130. The highest BCUT2D eigenvalue weighted by atomic mass is 35.5. The average molecular weight is 478 g/mol. The quantitative estimate of drug-likeness (QED) is 0.293. The lowest BCUT2D eigenvalue weighted by Crippen LogP contribution is -2.29. The first-order chi connectivity index (χ1) is 15.5. The van der Waals surface area contributed by atoms with E-state index in [-0.39, 0.29) is 22.6 Å². The molecule has 1 N–H and O–H groups in total. The van der Waals surface area contributed by atoms with Crippen molar-refractivity contribution in [1.82, 2.24) is 0 Å². The molecule has 33 heavy (non-hydrogen) atoms. The summed E-state index contributed by atoms with van der Waals surface area (Å²) in [6.45, 7) is 1.66. The van der Waals surface area contributed by atoms with Gasteiger partial charge >= 0.3 is 6.36 Å². The van der Waals surface area contributed by atoms with E-state index < -0.39 is 35.6 Å². The number of hydrogen-bond donors (Lipinski definition) is 1. The Morgan fingerprint density at radius 2 is 1.79 bits per heavy atom. The molecule has 0 saturated carbocycles. The first kappa shape index (κ1) is 22.5. The molecule has 1 atom stereocenters. The van der Waals surface area contributed by atoms with Gasteiger partial charge in [-0.2, -0.15) is 0 Å². The molecule has 1 amide bonds. The third-order valence-corrected chi connectivity index (χ3v) is 5.16. The van der Waals surface area contributed by atoms with Crippen molar-refractivity contribution < 1.29 is 37.0 Å². The van der Waals surface area contributed by atoms with E-state index in [9.17, 15) is 27.9 Å². The van der Waals surface area contributed by atoms with Crippen LogP contribution in [0.3, 0.4) is 0 Å². The minimum absolute atomic E-state index is 0.107. The van der Waals surface area contributed by atoms with Crippen LogP contribution in [0.25, 0.3) is 5.76 Å². The molecule has 1 aliphatic heterocycles. The maximum absolute atomic E-state index is 13.0. The topological polar surface area (TPSA) is 80.0 Å². The van der Waals surface area contributed by atoms with Crippen molar-refractivity contribution in [3.63, 3.8) is 0 Å². The molecule has 0 radical (unpaired) electrons. The van der Waals surface area contributed by atoms with Gasteiger partial charge in [-0.05, 0) is 55.5 Å². The fourth-order valence-corrected chi connectivity index (χ4v) is 3.76. The first-order valence-electron chi connectivity index (χ1n) is 9.54. The summed E-state index contributed by atoms with van der Waals surface area (Å²) in [7, 11) is 0. The van der Waals surface area contributed by atoms with Gasteiger partial charge in [-0.3, -0.25) is 14.5 Å². The number of alkyl halides is 3. The van der Waals surface area contributed by atoms with E-state index in [1.54, 1.807) is 31.2 Å². The van der Waals surface area contributed by atoms with E-state index in [1.807, 2.05) is 0 Å². The molecule has 0 spiro atoms. The summed E-state index contributed by atoms with van der Waals surface area (Å²) >= 11 is 6.00. The van der Waals surface area contributed by atoms with Gasteiger partial charge in [0.05, 0.1) is 5.57 Å². The molecule has 1 saturated heterocycles. The normalized spacial score (nSPS) is 18.1. The fourth-order valence-electron chi connectivity index (χ4n) is 3.57. The molecule has 10 heteroatoms. The number of anilines is 1. The number of Topliss-reactive ketones (excluding diaryl/α,β-unsaturated/α-hetero) is 1. The number of hydrogen-bond acceptors (Lipinski definition) is 5. The van der Waals surface area contributed by atoms with Crippen molar-refractivity contribution in [2.24, 2.45) is 0 Å². The van der Waals surface area contributed by atoms with Crippen LogP contribution in [0.4, 0.5) is 18.9 Å². The second-order valence-corrected chi connectivity index (χ2v) is 7.61. The SMILES string of the molecule is Cc1ccc(C2/C(=C(/O)c3cccc(Cl)c3)C(=O)C(=O)N2c2ccc(OC(F)(F)F)cc2)o1. The smallest absolute Gasteiger partial charge is 0.507 e. The third-order valence-electron chi connectivity index (χ3n) is 4.92. The van der Waals surface area contributed by atoms with Gasteiger partial charge in [0, 0.05) is 16.3 Å². The van der Waals surface area contributed by atoms with Crippen LogP contribution in [0.1, 0.15) is 23.1 Å². The average Bonchev–Trinajstić information content (AvgIpc) is 3.28. The molecule has 170 valence electrons. The van der Waals surface area contributed by atoms with Gasteiger partial charge in [0.1, 0.15) is 29.1 Å². The number of furan rings is 1. The zero-order chi connectivity index (χ0) is 23.9. The maximum Gasteiger partial charge on any atom is 0.573 e. The molecule has 2 heterocycles. The summed E-state index contributed by atoms with van der Waals surface area (Å²) in [6.07, 6.45) is -4.88. The van der Waals surface area contributed by atoms with Crippen LogP contribution in [0, 0.1) is 6.92 Å². The molecular formula is C23H15ClF3NO5. The minimum Gasteiger partial charge on any atom is -0.507 e. The zero-order valence-corrected chi connectivity index (χ0v) is 17.6. The highest BCUT2D eigenvalue weighted by molar-refractivity contribution is 6.51. The summed E-state index contributed by atoms with van der Waals surface area (Å²) in [5.74, 6) is -2.25. The molecule has 1 aliphatic rings. The number of benzene rings is 2. The van der Waals surface area contributed by atoms with Crippen molar-refractivity contribution in [2.45, 2.75) is 19.3 Å². The molecule has 2 aromatic carbocycles. The number of ether oxygens (including phenoxy) is 1. The van der Waals surface area contributed by atoms with E-state index in [1.165, 1.54) is 24.3 Å². The van der Waals surface area contributed by atoms with Gasteiger partial charge in [-0.1, -0.05) is 23.7 Å². The lowest BCUT2D eigenvalue weighted by atomic mass is 9.99. The van der Waals surface area contributed by atoms with Gasteiger partial charge in [0.25, 0.3) is 11.7 Å².